The highest BCUT2D eigenvalue weighted by molar-refractivity contribution is 6.29. The van der Waals surface area contributed by atoms with E-state index in [0.29, 0.717) is 17.5 Å². The van der Waals surface area contributed by atoms with Crippen molar-refractivity contribution in [3.63, 3.8) is 0 Å². The molecule has 0 bridgehead atoms. The van der Waals surface area contributed by atoms with Gasteiger partial charge in [-0.3, -0.25) is 0 Å². The second-order valence-corrected chi connectivity index (χ2v) is 3.53. The van der Waals surface area contributed by atoms with Crippen LogP contribution in [0.2, 0.25) is 5.15 Å². The Hall–Kier alpha value is -1.39. The minimum atomic E-state index is 0.393. The predicted molar refractivity (Wildman–Crippen MR) is 57.4 cm³/mol. The first-order valence-corrected chi connectivity index (χ1v) is 4.87. The number of hydrogen-bond donors (Lipinski definition) is 1. The number of rotatable bonds is 2. The molecule has 0 unspecified atom stereocenters. The predicted octanol–water partition coefficient (Wildman–Crippen LogP) is 2.16. The third-order valence-corrected chi connectivity index (χ3v) is 2.38. The summed E-state index contributed by atoms with van der Waals surface area (Å²) in [7, 11) is 0. The minimum Gasteiger partial charge on any atom is -0.356 e. The van der Waals surface area contributed by atoms with Crippen molar-refractivity contribution in [3.8, 4) is 11.3 Å². The second-order valence-electron chi connectivity index (χ2n) is 3.15. The summed E-state index contributed by atoms with van der Waals surface area (Å²) < 4.78 is 5.21. The summed E-state index contributed by atoms with van der Waals surface area (Å²) in [6.07, 6.45) is 1.62. The van der Waals surface area contributed by atoms with Gasteiger partial charge in [-0.2, -0.15) is 0 Å². The van der Waals surface area contributed by atoms with E-state index in [1.165, 1.54) is 0 Å². The van der Waals surface area contributed by atoms with Gasteiger partial charge in [0, 0.05) is 23.9 Å². The molecule has 2 aromatic rings. The van der Waals surface area contributed by atoms with Crippen molar-refractivity contribution in [3.05, 3.63) is 34.7 Å². The zero-order valence-electron chi connectivity index (χ0n) is 8.20. The minimum absolute atomic E-state index is 0.393. The van der Waals surface area contributed by atoms with Gasteiger partial charge in [-0.25, -0.2) is 4.98 Å². The van der Waals surface area contributed by atoms with E-state index in [1.807, 2.05) is 13.0 Å². The number of aryl methyl sites for hydroxylation is 1. The molecule has 0 saturated carbocycles. The van der Waals surface area contributed by atoms with E-state index in [-0.39, 0.29) is 0 Å². The quantitative estimate of drug-likeness (QED) is 0.793. The summed E-state index contributed by atoms with van der Waals surface area (Å²) in [5, 5.41) is 4.30. The van der Waals surface area contributed by atoms with Crippen LogP contribution in [0.3, 0.4) is 0 Å². The third kappa shape index (κ3) is 1.86. The van der Waals surface area contributed by atoms with Gasteiger partial charge in [-0.1, -0.05) is 16.8 Å². The molecule has 0 saturated heterocycles. The highest BCUT2D eigenvalue weighted by atomic mass is 35.5. The lowest BCUT2D eigenvalue weighted by Gasteiger charge is -1.99. The summed E-state index contributed by atoms with van der Waals surface area (Å²) in [6.45, 7) is 2.25. The fourth-order valence-electron chi connectivity index (χ4n) is 1.40. The lowest BCUT2D eigenvalue weighted by molar-refractivity contribution is 0.426. The van der Waals surface area contributed by atoms with Crippen LogP contribution in [-0.2, 0) is 6.54 Å². The summed E-state index contributed by atoms with van der Waals surface area (Å²) in [5.74, 6) is 0.666. The van der Waals surface area contributed by atoms with E-state index in [2.05, 4.69) is 10.1 Å². The maximum absolute atomic E-state index is 5.79. The van der Waals surface area contributed by atoms with Crippen LogP contribution in [-0.4, -0.2) is 10.1 Å². The Morgan fingerprint density at radius 3 is 3.00 bits per heavy atom. The van der Waals surface area contributed by atoms with Crippen LogP contribution >= 0.6 is 11.6 Å². The van der Waals surface area contributed by atoms with Crippen molar-refractivity contribution in [1.82, 2.24) is 10.1 Å². The number of hydrogen-bond acceptors (Lipinski definition) is 4. The summed E-state index contributed by atoms with van der Waals surface area (Å²) >= 11 is 5.79. The van der Waals surface area contributed by atoms with Gasteiger partial charge < -0.3 is 10.3 Å². The number of nitrogens with two attached hydrogens (primary N) is 1. The van der Waals surface area contributed by atoms with Crippen molar-refractivity contribution >= 4 is 11.6 Å². The molecule has 2 N–H and O–H groups in total. The number of aromatic nitrogens is 2. The van der Waals surface area contributed by atoms with Gasteiger partial charge in [-0.15, -0.1) is 0 Å². The molecule has 5 heteroatoms. The molecule has 2 heterocycles. The standard InChI is InChI=1S/C10H10ClN3O/c1-6-8(5-12)10(15-14-6)7-2-3-13-9(11)4-7/h2-4H,5,12H2,1H3. The maximum atomic E-state index is 5.79. The molecule has 0 atom stereocenters. The molecule has 2 rings (SSSR count). The average Bonchev–Trinajstić information content (AvgIpc) is 2.59. The summed E-state index contributed by atoms with van der Waals surface area (Å²) in [4.78, 5) is 3.90. The Balaban J connectivity index is 2.54. The average molecular weight is 224 g/mol. The van der Waals surface area contributed by atoms with Gasteiger partial charge in [0.15, 0.2) is 5.76 Å². The Morgan fingerprint density at radius 2 is 2.33 bits per heavy atom. The van der Waals surface area contributed by atoms with Gasteiger partial charge in [-0.05, 0) is 19.1 Å². The first-order chi connectivity index (χ1) is 7.22. The lowest BCUT2D eigenvalue weighted by atomic mass is 10.1. The molecule has 0 radical (unpaired) electrons. The molecule has 0 fully saturated rings. The molecule has 4 nitrogen and oxygen atoms in total. The van der Waals surface area contributed by atoms with E-state index in [0.717, 1.165) is 16.8 Å². The van der Waals surface area contributed by atoms with Gasteiger partial charge in [0.25, 0.3) is 0 Å². The number of nitrogens with zero attached hydrogens (tertiary/aromatic N) is 2. The summed E-state index contributed by atoms with van der Waals surface area (Å²) in [6, 6.07) is 3.53. The Morgan fingerprint density at radius 1 is 1.53 bits per heavy atom. The van der Waals surface area contributed by atoms with Crippen molar-refractivity contribution in [2.75, 3.05) is 0 Å². The largest absolute Gasteiger partial charge is 0.356 e. The fourth-order valence-corrected chi connectivity index (χ4v) is 1.57. The van der Waals surface area contributed by atoms with E-state index >= 15 is 0 Å². The van der Waals surface area contributed by atoms with Crippen LogP contribution < -0.4 is 5.73 Å². The monoisotopic (exact) mass is 223 g/mol. The smallest absolute Gasteiger partial charge is 0.171 e. The number of pyridine rings is 1. The SMILES string of the molecule is Cc1noc(-c2ccnc(Cl)c2)c1CN. The van der Waals surface area contributed by atoms with Crippen molar-refractivity contribution in [2.45, 2.75) is 13.5 Å². The molecule has 15 heavy (non-hydrogen) atoms. The molecule has 0 aliphatic heterocycles. The Kier molecular flexibility index (Phi) is 2.70. The van der Waals surface area contributed by atoms with E-state index in [9.17, 15) is 0 Å². The second kappa shape index (κ2) is 4.00. The van der Waals surface area contributed by atoms with Gasteiger partial charge >= 0.3 is 0 Å². The molecule has 0 aromatic carbocycles. The van der Waals surface area contributed by atoms with Crippen LogP contribution in [0.15, 0.2) is 22.9 Å². The number of halogens is 1. The molecule has 78 valence electrons. The van der Waals surface area contributed by atoms with Crippen LogP contribution in [0.25, 0.3) is 11.3 Å². The van der Waals surface area contributed by atoms with Crippen LogP contribution in [0.4, 0.5) is 0 Å². The zero-order valence-corrected chi connectivity index (χ0v) is 8.95. The van der Waals surface area contributed by atoms with E-state index < -0.39 is 0 Å². The highest BCUT2D eigenvalue weighted by Crippen LogP contribution is 2.26. The van der Waals surface area contributed by atoms with Crippen molar-refractivity contribution in [1.29, 1.82) is 0 Å². The van der Waals surface area contributed by atoms with Gasteiger partial charge in [0.2, 0.25) is 0 Å². The maximum Gasteiger partial charge on any atom is 0.171 e. The zero-order chi connectivity index (χ0) is 10.8. The molecule has 2 aromatic heterocycles. The molecule has 0 spiro atoms. The summed E-state index contributed by atoms with van der Waals surface area (Å²) in [5.41, 5.74) is 8.17. The van der Waals surface area contributed by atoms with Crippen molar-refractivity contribution in [2.24, 2.45) is 5.73 Å². The van der Waals surface area contributed by atoms with Crippen molar-refractivity contribution < 1.29 is 4.52 Å². The third-order valence-electron chi connectivity index (χ3n) is 2.18. The first-order valence-electron chi connectivity index (χ1n) is 4.49. The van der Waals surface area contributed by atoms with Gasteiger partial charge in [0.05, 0.1) is 5.69 Å². The van der Waals surface area contributed by atoms with Gasteiger partial charge in [0.1, 0.15) is 5.15 Å². The highest BCUT2D eigenvalue weighted by Gasteiger charge is 2.13. The molecule has 0 amide bonds. The molecular weight excluding hydrogens is 214 g/mol. The van der Waals surface area contributed by atoms with Crippen LogP contribution in [0.5, 0.6) is 0 Å². The molecular formula is C10H10ClN3O. The normalized spacial score (nSPS) is 10.6. The molecule has 0 aliphatic carbocycles. The Bertz CT molecular complexity index is 481. The topological polar surface area (TPSA) is 64.9 Å². The first kappa shape index (κ1) is 10.1. The van der Waals surface area contributed by atoms with Crippen LogP contribution in [0, 0.1) is 6.92 Å². The van der Waals surface area contributed by atoms with E-state index in [1.54, 1.807) is 12.3 Å². The molecule has 0 aliphatic rings. The lowest BCUT2D eigenvalue weighted by Crippen LogP contribution is -1.98. The fraction of sp³-hybridized carbons (Fsp3) is 0.200. The van der Waals surface area contributed by atoms with Crippen LogP contribution in [0.1, 0.15) is 11.3 Å². The Labute approximate surface area is 92.0 Å². The van der Waals surface area contributed by atoms with E-state index in [4.69, 9.17) is 21.9 Å².